The van der Waals surface area contributed by atoms with Crippen molar-refractivity contribution in [2.75, 3.05) is 0 Å². The van der Waals surface area contributed by atoms with Gasteiger partial charge >= 0.3 is 0 Å². The minimum Gasteiger partial charge on any atom is -0.346 e. The van der Waals surface area contributed by atoms with Crippen LogP contribution in [0.5, 0.6) is 0 Å². The lowest BCUT2D eigenvalue weighted by atomic mass is 9.49. The predicted octanol–water partition coefficient (Wildman–Crippen LogP) is 3.83. The van der Waals surface area contributed by atoms with Crippen LogP contribution >= 0.6 is 11.6 Å². The first-order valence-electron chi connectivity index (χ1n) is 10.6. The lowest BCUT2D eigenvalue weighted by Crippen LogP contribution is -2.69. The first-order valence-corrected chi connectivity index (χ1v) is 11.0. The van der Waals surface area contributed by atoms with E-state index in [2.05, 4.69) is 20.6 Å². The summed E-state index contributed by atoms with van der Waals surface area (Å²) in [7, 11) is 0. The van der Waals surface area contributed by atoms with E-state index in [-0.39, 0.29) is 27.9 Å². The number of hydrogen-bond acceptors (Lipinski definition) is 4. The Balaban J connectivity index is 1.38. The second kappa shape index (κ2) is 7.26. The molecule has 4 saturated carbocycles. The molecule has 4 fully saturated rings. The van der Waals surface area contributed by atoms with Gasteiger partial charge in [-0.15, -0.1) is 0 Å². The van der Waals surface area contributed by atoms with Gasteiger partial charge < -0.3 is 10.6 Å². The summed E-state index contributed by atoms with van der Waals surface area (Å²) >= 11 is 5.94. The van der Waals surface area contributed by atoms with Gasteiger partial charge in [0.05, 0.1) is 11.9 Å². The fourth-order valence-electron chi connectivity index (χ4n) is 6.43. The van der Waals surface area contributed by atoms with E-state index in [1.54, 1.807) is 13.1 Å². The second-order valence-electron chi connectivity index (χ2n) is 9.63. The molecule has 6 rings (SSSR count). The van der Waals surface area contributed by atoms with Gasteiger partial charge in [-0.3, -0.25) is 14.6 Å². The number of halogens is 2. The van der Waals surface area contributed by atoms with Gasteiger partial charge in [0.15, 0.2) is 0 Å². The Morgan fingerprint density at radius 2 is 1.68 bits per heavy atom. The Morgan fingerprint density at radius 1 is 1.03 bits per heavy atom. The Morgan fingerprint density at radius 3 is 2.29 bits per heavy atom. The third-order valence-corrected chi connectivity index (χ3v) is 7.15. The van der Waals surface area contributed by atoms with E-state index in [0.29, 0.717) is 29.6 Å². The fraction of sp³-hybridized carbons (Fsp3) is 0.478. The van der Waals surface area contributed by atoms with Gasteiger partial charge in [0.25, 0.3) is 11.8 Å². The van der Waals surface area contributed by atoms with Crippen LogP contribution in [0.1, 0.15) is 65.1 Å². The molecule has 8 heteroatoms. The Labute approximate surface area is 185 Å². The van der Waals surface area contributed by atoms with Crippen molar-refractivity contribution in [2.45, 2.75) is 56.5 Å². The molecule has 0 aliphatic heterocycles. The van der Waals surface area contributed by atoms with E-state index in [9.17, 15) is 14.0 Å². The number of aromatic nitrogens is 2. The molecule has 4 aliphatic rings. The number of benzene rings is 1. The molecule has 1 heterocycles. The zero-order valence-electron chi connectivity index (χ0n) is 17.3. The average molecular weight is 443 g/mol. The summed E-state index contributed by atoms with van der Waals surface area (Å²) in [6.45, 7) is 1.80. The first kappa shape index (κ1) is 20.4. The number of rotatable bonds is 4. The SMILES string of the molecule is Cc1cncc(C(=O)NC23CC4CC(CC(NC(=O)c5cc(F)cc(Cl)c5)(C4)C2)C3)n1. The van der Waals surface area contributed by atoms with Crippen LogP contribution in [0.3, 0.4) is 0 Å². The molecule has 1 aromatic heterocycles. The molecule has 31 heavy (non-hydrogen) atoms. The molecule has 0 saturated heterocycles. The van der Waals surface area contributed by atoms with Crippen LogP contribution in [-0.4, -0.2) is 32.9 Å². The summed E-state index contributed by atoms with van der Waals surface area (Å²) in [5.41, 5.74) is 0.429. The van der Waals surface area contributed by atoms with Crippen LogP contribution < -0.4 is 10.6 Å². The number of nitrogens with one attached hydrogen (secondary N) is 2. The fourth-order valence-corrected chi connectivity index (χ4v) is 6.65. The maximum Gasteiger partial charge on any atom is 0.271 e. The highest BCUT2D eigenvalue weighted by molar-refractivity contribution is 6.31. The molecule has 6 nitrogen and oxygen atoms in total. The number of carbonyl (C=O) groups excluding carboxylic acids is 2. The van der Waals surface area contributed by atoms with Crippen molar-refractivity contribution >= 4 is 23.4 Å². The quantitative estimate of drug-likeness (QED) is 0.753. The maximum atomic E-state index is 13.8. The summed E-state index contributed by atoms with van der Waals surface area (Å²) in [6.07, 6.45) is 8.42. The Bertz CT molecular complexity index is 1040. The monoisotopic (exact) mass is 442 g/mol. The number of nitrogens with zero attached hydrogens (tertiary/aromatic N) is 2. The topological polar surface area (TPSA) is 84.0 Å². The summed E-state index contributed by atoms with van der Waals surface area (Å²) in [4.78, 5) is 34.3. The van der Waals surface area contributed by atoms with E-state index in [1.807, 2.05) is 0 Å². The van der Waals surface area contributed by atoms with E-state index < -0.39 is 11.4 Å². The van der Waals surface area contributed by atoms with Crippen LogP contribution in [0.2, 0.25) is 5.02 Å². The maximum absolute atomic E-state index is 13.8. The highest BCUT2D eigenvalue weighted by atomic mass is 35.5. The average Bonchev–Trinajstić information content (AvgIpc) is 2.65. The molecular formula is C23H24ClFN4O2. The second-order valence-corrected chi connectivity index (χ2v) is 10.1. The zero-order chi connectivity index (χ0) is 21.8. The van der Waals surface area contributed by atoms with Crippen molar-refractivity contribution in [3.63, 3.8) is 0 Å². The van der Waals surface area contributed by atoms with Crippen LogP contribution in [0.25, 0.3) is 0 Å². The van der Waals surface area contributed by atoms with E-state index >= 15 is 0 Å². The van der Waals surface area contributed by atoms with Gasteiger partial charge in [-0.2, -0.15) is 0 Å². The van der Waals surface area contributed by atoms with Crippen LogP contribution in [0.15, 0.2) is 30.6 Å². The van der Waals surface area contributed by atoms with Crippen LogP contribution in [-0.2, 0) is 0 Å². The molecule has 4 bridgehead atoms. The summed E-state index contributed by atoms with van der Waals surface area (Å²) in [5.74, 6) is -0.222. The Kier molecular flexibility index (Phi) is 4.77. The minimum absolute atomic E-state index is 0.193. The van der Waals surface area contributed by atoms with Crippen molar-refractivity contribution in [1.29, 1.82) is 0 Å². The number of amides is 2. The highest BCUT2D eigenvalue weighted by Gasteiger charge is 2.58. The van der Waals surface area contributed by atoms with Gasteiger partial charge in [-0.05, 0) is 75.5 Å². The summed E-state index contributed by atoms with van der Waals surface area (Å²) < 4.78 is 13.8. The summed E-state index contributed by atoms with van der Waals surface area (Å²) in [5, 5.41) is 6.64. The van der Waals surface area contributed by atoms with Crippen molar-refractivity contribution in [2.24, 2.45) is 11.8 Å². The highest BCUT2D eigenvalue weighted by Crippen LogP contribution is 2.57. The largest absolute Gasteiger partial charge is 0.346 e. The molecular weight excluding hydrogens is 419 g/mol. The van der Waals surface area contributed by atoms with Gasteiger partial charge in [0, 0.05) is 27.9 Å². The van der Waals surface area contributed by atoms with Crippen molar-refractivity contribution in [3.8, 4) is 0 Å². The third kappa shape index (κ3) is 3.91. The zero-order valence-corrected chi connectivity index (χ0v) is 18.0. The van der Waals surface area contributed by atoms with E-state index in [1.165, 1.54) is 24.4 Å². The van der Waals surface area contributed by atoms with Crippen molar-refractivity contribution < 1.29 is 14.0 Å². The third-order valence-electron chi connectivity index (χ3n) is 6.93. The van der Waals surface area contributed by atoms with Crippen molar-refractivity contribution in [3.05, 3.63) is 58.4 Å². The summed E-state index contributed by atoms with van der Waals surface area (Å²) in [6, 6.07) is 3.87. The van der Waals surface area contributed by atoms with Gasteiger partial charge in [0.2, 0.25) is 0 Å². The van der Waals surface area contributed by atoms with Crippen LogP contribution in [0.4, 0.5) is 4.39 Å². The molecule has 4 aliphatic carbocycles. The molecule has 0 radical (unpaired) electrons. The lowest BCUT2D eigenvalue weighted by Gasteiger charge is -2.62. The number of carbonyl (C=O) groups is 2. The Hall–Kier alpha value is -2.54. The van der Waals surface area contributed by atoms with Gasteiger partial charge in [0.1, 0.15) is 11.5 Å². The van der Waals surface area contributed by atoms with E-state index in [4.69, 9.17) is 11.6 Å². The molecule has 0 spiro atoms. The molecule has 2 unspecified atom stereocenters. The molecule has 2 aromatic rings. The molecule has 2 N–H and O–H groups in total. The molecule has 2 atom stereocenters. The van der Waals surface area contributed by atoms with Crippen LogP contribution in [0, 0.1) is 24.6 Å². The first-order chi connectivity index (χ1) is 14.7. The predicted molar refractivity (Wildman–Crippen MR) is 113 cm³/mol. The number of hydrogen-bond donors (Lipinski definition) is 2. The lowest BCUT2D eigenvalue weighted by molar-refractivity contribution is -0.0448. The molecule has 1 aromatic carbocycles. The standard InChI is InChI=1S/C23H24ClFN4O2/c1-13-10-26-11-19(27-13)21(31)29-23-8-14-2-15(9-23)7-22(6-14,12-23)28-20(30)16-3-17(24)5-18(25)4-16/h3-5,10-11,14-15H,2,6-9,12H2,1H3,(H,28,30)(H,29,31). The normalized spacial score (nSPS) is 30.8. The molecule has 162 valence electrons. The number of aryl methyl sites for hydroxylation is 1. The van der Waals surface area contributed by atoms with Crippen molar-refractivity contribution in [1.82, 2.24) is 20.6 Å². The smallest absolute Gasteiger partial charge is 0.271 e. The molecule has 2 amide bonds. The van der Waals surface area contributed by atoms with E-state index in [0.717, 1.165) is 32.1 Å². The van der Waals surface area contributed by atoms with Gasteiger partial charge in [-0.1, -0.05) is 11.6 Å². The minimum atomic E-state index is -0.536. The van der Waals surface area contributed by atoms with Gasteiger partial charge in [-0.25, -0.2) is 9.37 Å².